The summed E-state index contributed by atoms with van der Waals surface area (Å²) < 4.78 is 1.81. The predicted octanol–water partition coefficient (Wildman–Crippen LogP) is 2.04. The lowest BCUT2D eigenvalue weighted by Crippen LogP contribution is -1.93. The van der Waals surface area contributed by atoms with Gasteiger partial charge in [0.15, 0.2) is 5.82 Å². The molecule has 0 radical (unpaired) electrons. The van der Waals surface area contributed by atoms with E-state index in [9.17, 15) is 0 Å². The van der Waals surface area contributed by atoms with Crippen LogP contribution in [0.5, 0.6) is 0 Å². The minimum atomic E-state index is 0.613. The van der Waals surface area contributed by atoms with E-state index in [0.29, 0.717) is 5.82 Å². The molecule has 0 spiro atoms. The zero-order valence-corrected chi connectivity index (χ0v) is 8.43. The average molecular weight is 193 g/mol. The Bertz CT molecular complexity index is 414. The van der Waals surface area contributed by atoms with Crippen molar-refractivity contribution >= 4 is 17.2 Å². The summed E-state index contributed by atoms with van der Waals surface area (Å²) in [6.45, 7) is 2.03. The third-order valence-corrected chi connectivity index (χ3v) is 3.02. The van der Waals surface area contributed by atoms with E-state index in [0.717, 1.165) is 11.3 Å². The minimum absolute atomic E-state index is 0.613. The molecule has 0 bridgehead atoms. The highest BCUT2D eigenvalue weighted by atomic mass is 32.1. The number of aromatic nitrogens is 2. The number of nitrogens with zero attached hydrogens (tertiary/aromatic N) is 2. The molecule has 0 unspecified atom stereocenters. The van der Waals surface area contributed by atoms with Crippen molar-refractivity contribution in [3.8, 4) is 10.4 Å². The highest BCUT2D eigenvalue weighted by Crippen LogP contribution is 2.31. The summed E-state index contributed by atoms with van der Waals surface area (Å²) in [6.07, 6.45) is 0. The maximum absolute atomic E-state index is 5.81. The number of aryl methyl sites for hydroxylation is 1. The number of hydrogen-bond donors (Lipinski definition) is 1. The molecule has 0 amide bonds. The van der Waals surface area contributed by atoms with E-state index in [2.05, 4.69) is 11.2 Å². The van der Waals surface area contributed by atoms with Gasteiger partial charge < -0.3 is 5.73 Å². The van der Waals surface area contributed by atoms with Crippen molar-refractivity contribution in [2.45, 2.75) is 6.92 Å². The molecule has 0 aromatic carbocycles. The molecule has 0 saturated heterocycles. The van der Waals surface area contributed by atoms with Crippen LogP contribution in [0.4, 0.5) is 5.82 Å². The molecule has 2 aromatic heterocycles. The zero-order valence-electron chi connectivity index (χ0n) is 7.61. The number of nitrogens with two attached hydrogens (primary N) is 1. The van der Waals surface area contributed by atoms with Gasteiger partial charge in [-0.15, -0.1) is 11.3 Å². The summed E-state index contributed by atoms with van der Waals surface area (Å²) >= 11 is 1.68. The van der Waals surface area contributed by atoms with Gasteiger partial charge in [0.05, 0.1) is 5.56 Å². The molecule has 0 aliphatic heterocycles. The summed E-state index contributed by atoms with van der Waals surface area (Å²) in [5.74, 6) is 0.613. The van der Waals surface area contributed by atoms with Crippen LogP contribution in [0.15, 0.2) is 17.5 Å². The fraction of sp³-hybridized carbons (Fsp3) is 0.222. The maximum Gasteiger partial charge on any atom is 0.154 e. The van der Waals surface area contributed by atoms with E-state index in [4.69, 9.17) is 5.73 Å². The third kappa shape index (κ3) is 1.23. The van der Waals surface area contributed by atoms with Gasteiger partial charge in [0, 0.05) is 17.6 Å². The van der Waals surface area contributed by atoms with Crippen LogP contribution in [0.2, 0.25) is 0 Å². The Morgan fingerprint density at radius 2 is 2.31 bits per heavy atom. The lowest BCUT2D eigenvalue weighted by Gasteiger charge is -1.96. The van der Waals surface area contributed by atoms with Gasteiger partial charge in [-0.25, -0.2) is 0 Å². The van der Waals surface area contributed by atoms with Gasteiger partial charge >= 0.3 is 0 Å². The lowest BCUT2D eigenvalue weighted by molar-refractivity contribution is 0.744. The molecule has 2 aromatic rings. The van der Waals surface area contributed by atoms with Gasteiger partial charge in [0.25, 0.3) is 0 Å². The van der Waals surface area contributed by atoms with Gasteiger partial charge in [-0.1, -0.05) is 6.07 Å². The molecule has 0 atom stereocenters. The Morgan fingerprint density at radius 1 is 1.54 bits per heavy atom. The first kappa shape index (κ1) is 8.31. The second-order valence-corrected chi connectivity index (χ2v) is 3.89. The predicted molar refractivity (Wildman–Crippen MR) is 55.7 cm³/mol. The van der Waals surface area contributed by atoms with Gasteiger partial charge in [0.2, 0.25) is 0 Å². The third-order valence-electron chi connectivity index (χ3n) is 2.13. The first-order chi connectivity index (χ1) is 6.20. The Morgan fingerprint density at radius 3 is 2.77 bits per heavy atom. The highest BCUT2D eigenvalue weighted by molar-refractivity contribution is 7.13. The molecule has 3 nitrogen and oxygen atoms in total. The van der Waals surface area contributed by atoms with Crippen LogP contribution in [-0.4, -0.2) is 9.78 Å². The van der Waals surface area contributed by atoms with Gasteiger partial charge in [-0.05, 0) is 18.4 Å². The normalized spacial score (nSPS) is 10.6. The van der Waals surface area contributed by atoms with Crippen molar-refractivity contribution < 1.29 is 0 Å². The first-order valence-corrected chi connectivity index (χ1v) is 4.91. The smallest absolute Gasteiger partial charge is 0.154 e. The largest absolute Gasteiger partial charge is 0.382 e. The van der Waals surface area contributed by atoms with E-state index < -0.39 is 0 Å². The minimum Gasteiger partial charge on any atom is -0.382 e. The number of thiophene rings is 1. The summed E-state index contributed by atoms with van der Waals surface area (Å²) in [5.41, 5.74) is 7.99. The molecule has 0 saturated carbocycles. The fourth-order valence-electron chi connectivity index (χ4n) is 1.36. The van der Waals surface area contributed by atoms with Gasteiger partial charge in [-0.2, -0.15) is 5.10 Å². The van der Waals surface area contributed by atoms with Crippen LogP contribution in [0.25, 0.3) is 10.4 Å². The van der Waals surface area contributed by atoms with Crippen molar-refractivity contribution in [3.63, 3.8) is 0 Å². The molecular formula is C9H11N3S. The molecule has 0 aliphatic carbocycles. The van der Waals surface area contributed by atoms with Crippen molar-refractivity contribution in [1.82, 2.24) is 9.78 Å². The van der Waals surface area contributed by atoms with E-state index >= 15 is 0 Å². The summed E-state index contributed by atoms with van der Waals surface area (Å²) in [5, 5.41) is 6.21. The quantitative estimate of drug-likeness (QED) is 0.753. The molecule has 13 heavy (non-hydrogen) atoms. The lowest BCUT2D eigenvalue weighted by atomic mass is 10.2. The maximum atomic E-state index is 5.81. The van der Waals surface area contributed by atoms with Crippen molar-refractivity contribution in [1.29, 1.82) is 0 Å². The molecule has 2 N–H and O–H groups in total. The Labute approximate surface area is 80.8 Å². The molecule has 2 heterocycles. The first-order valence-electron chi connectivity index (χ1n) is 4.03. The van der Waals surface area contributed by atoms with Crippen molar-refractivity contribution in [2.24, 2.45) is 7.05 Å². The fourth-order valence-corrected chi connectivity index (χ4v) is 2.19. The van der Waals surface area contributed by atoms with E-state index in [-0.39, 0.29) is 0 Å². The Kier molecular flexibility index (Phi) is 1.84. The average Bonchev–Trinajstić information content (AvgIpc) is 2.63. The van der Waals surface area contributed by atoms with E-state index in [1.165, 1.54) is 4.88 Å². The second kappa shape index (κ2) is 2.88. The number of nitrogen functional groups attached to an aromatic ring is 1. The summed E-state index contributed by atoms with van der Waals surface area (Å²) in [7, 11) is 1.91. The number of hydrogen-bond acceptors (Lipinski definition) is 3. The monoisotopic (exact) mass is 193 g/mol. The zero-order chi connectivity index (χ0) is 9.42. The molecule has 2 rings (SSSR count). The number of anilines is 1. The topological polar surface area (TPSA) is 43.8 Å². The second-order valence-electron chi connectivity index (χ2n) is 2.95. The number of rotatable bonds is 1. The standard InChI is InChI=1S/C9H11N3S/c1-6-8(7-4-3-5-13-7)9(10)11-12(6)2/h3-5H,1-2H3,(H2,10,11). The SMILES string of the molecule is Cc1c(-c2cccs2)c(N)nn1C. The van der Waals surface area contributed by atoms with Crippen LogP contribution >= 0.6 is 11.3 Å². The van der Waals surface area contributed by atoms with Crippen LogP contribution < -0.4 is 5.73 Å². The molecule has 68 valence electrons. The van der Waals surface area contributed by atoms with Crippen molar-refractivity contribution in [2.75, 3.05) is 5.73 Å². The summed E-state index contributed by atoms with van der Waals surface area (Å²) in [6, 6.07) is 4.08. The Balaban J connectivity index is 2.64. The summed E-state index contributed by atoms with van der Waals surface area (Å²) in [4.78, 5) is 1.18. The highest BCUT2D eigenvalue weighted by Gasteiger charge is 2.12. The van der Waals surface area contributed by atoms with Crippen LogP contribution in [0.3, 0.4) is 0 Å². The van der Waals surface area contributed by atoms with Crippen LogP contribution in [0.1, 0.15) is 5.69 Å². The van der Waals surface area contributed by atoms with Gasteiger partial charge in [-0.3, -0.25) is 4.68 Å². The molecule has 0 fully saturated rings. The molecule has 4 heteroatoms. The van der Waals surface area contributed by atoms with Crippen LogP contribution in [-0.2, 0) is 7.05 Å². The van der Waals surface area contributed by atoms with Crippen molar-refractivity contribution in [3.05, 3.63) is 23.2 Å². The Hall–Kier alpha value is -1.29. The van der Waals surface area contributed by atoms with E-state index in [1.54, 1.807) is 11.3 Å². The van der Waals surface area contributed by atoms with Crippen LogP contribution in [0, 0.1) is 6.92 Å². The molecule has 0 aliphatic rings. The van der Waals surface area contributed by atoms with E-state index in [1.807, 2.05) is 30.1 Å². The molecular weight excluding hydrogens is 182 g/mol. The van der Waals surface area contributed by atoms with Gasteiger partial charge in [0.1, 0.15) is 0 Å².